The summed E-state index contributed by atoms with van der Waals surface area (Å²) < 4.78 is 27.7. The van der Waals surface area contributed by atoms with Crippen LogP contribution >= 0.6 is 0 Å². The topological polar surface area (TPSA) is 187 Å². The summed E-state index contributed by atoms with van der Waals surface area (Å²) in [6.45, 7) is 7.31. The number of carbonyl (C=O) groups excluding carboxylic acids is 4. The Morgan fingerprint density at radius 2 is 1.78 bits per heavy atom. The number of hydrogen-bond donors (Lipinski definition) is 3. The van der Waals surface area contributed by atoms with Gasteiger partial charge in [0.05, 0.1) is 33.9 Å². The third-order valence-electron chi connectivity index (χ3n) is 8.18. The monoisotopic (exact) mass is 712 g/mol. The minimum absolute atomic E-state index is 0.0726. The minimum Gasteiger partial charge on any atom is -0.493 e. The van der Waals surface area contributed by atoms with Crippen LogP contribution in [0.1, 0.15) is 63.2 Å². The Balaban J connectivity index is 1.78. The zero-order valence-corrected chi connectivity index (χ0v) is 29.6. The molecular formula is C37H48N2O12. The van der Waals surface area contributed by atoms with Crippen LogP contribution in [0.15, 0.2) is 55.1 Å². The Bertz CT molecular complexity index is 1540. The number of aliphatic hydroxyl groups excluding tert-OH is 1. The molecule has 3 rings (SSSR count). The summed E-state index contributed by atoms with van der Waals surface area (Å²) >= 11 is 0. The number of amides is 2. The number of methoxy groups -OCH3 is 2. The number of aliphatic hydroxyl groups is 1. The van der Waals surface area contributed by atoms with E-state index in [0.717, 1.165) is 11.6 Å². The standard InChI is InChI=1S/C37H48N2O12/c1-6-34(44)50-23-37(2,3)22-49-21-32(41)39-17-8-7-12-27(39)36(46)51-29(15-13-24-14-16-30(47-4)31(18-24)48-5)25-10-9-11-26(19-25)38-35(45)28(40)20-33(42)43/h6,9-11,14,16,18-19,27-29,40H,1,7-8,12-13,15,17,20-23H2,2-5H3,(H,38,45)(H,42,43)/t27-,28-,29+/m0/s1. The lowest BCUT2D eigenvalue weighted by molar-refractivity contribution is -0.163. The number of carboxylic acid groups (broad SMARTS) is 1. The van der Waals surface area contributed by atoms with Crippen LogP contribution in [-0.4, -0.2) is 97.6 Å². The van der Waals surface area contributed by atoms with Crippen molar-refractivity contribution < 1.29 is 57.9 Å². The zero-order valence-electron chi connectivity index (χ0n) is 29.6. The van der Waals surface area contributed by atoms with Gasteiger partial charge in [-0.2, -0.15) is 0 Å². The molecule has 0 saturated carbocycles. The van der Waals surface area contributed by atoms with E-state index in [9.17, 15) is 29.1 Å². The normalized spacial score (nSPS) is 15.5. The van der Waals surface area contributed by atoms with Crippen LogP contribution in [-0.2, 0) is 44.6 Å². The number of esters is 2. The number of rotatable bonds is 19. The number of aryl methyl sites for hydroxylation is 1. The van der Waals surface area contributed by atoms with Gasteiger partial charge in [-0.25, -0.2) is 9.59 Å². The summed E-state index contributed by atoms with van der Waals surface area (Å²) in [5.74, 6) is -2.65. The van der Waals surface area contributed by atoms with E-state index in [1.165, 1.54) is 19.1 Å². The Labute approximate surface area is 297 Å². The van der Waals surface area contributed by atoms with E-state index in [1.807, 2.05) is 26.0 Å². The van der Waals surface area contributed by atoms with E-state index in [2.05, 4.69) is 11.9 Å². The molecule has 14 nitrogen and oxygen atoms in total. The van der Waals surface area contributed by atoms with Gasteiger partial charge in [-0.15, -0.1) is 0 Å². The molecule has 14 heteroatoms. The van der Waals surface area contributed by atoms with Gasteiger partial charge in [0.15, 0.2) is 11.5 Å². The number of nitrogens with one attached hydrogen (secondary N) is 1. The SMILES string of the molecule is C=CC(=O)OCC(C)(C)COCC(=O)N1CCCC[C@H]1C(=O)O[C@H](CCc1ccc(OC)c(OC)c1)c1cccc(NC(=O)[C@@H](O)CC(=O)O)c1. The van der Waals surface area contributed by atoms with Crippen LogP contribution in [0.5, 0.6) is 11.5 Å². The number of likely N-dealkylation sites (tertiary alicyclic amines) is 1. The number of ether oxygens (including phenoxy) is 5. The van der Waals surface area contributed by atoms with Gasteiger partial charge in [0, 0.05) is 23.7 Å². The number of piperidine rings is 1. The van der Waals surface area contributed by atoms with Crippen molar-refractivity contribution in [3.05, 3.63) is 66.2 Å². The number of hydrogen-bond acceptors (Lipinski definition) is 11. The largest absolute Gasteiger partial charge is 0.493 e. The van der Waals surface area contributed by atoms with Crippen LogP contribution in [0.2, 0.25) is 0 Å². The first-order valence-corrected chi connectivity index (χ1v) is 16.7. The molecule has 1 heterocycles. The summed E-state index contributed by atoms with van der Waals surface area (Å²) in [5.41, 5.74) is 1.11. The second-order valence-corrected chi connectivity index (χ2v) is 12.9. The fourth-order valence-corrected chi connectivity index (χ4v) is 5.49. The molecule has 1 aliphatic rings. The van der Waals surface area contributed by atoms with Crippen molar-refractivity contribution in [2.75, 3.05) is 45.9 Å². The molecule has 2 amide bonds. The average Bonchev–Trinajstić information content (AvgIpc) is 3.11. The fourth-order valence-electron chi connectivity index (χ4n) is 5.49. The fraction of sp³-hybridized carbons (Fsp3) is 0.486. The van der Waals surface area contributed by atoms with Crippen molar-refractivity contribution in [2.24, 2.45) is 5.41 Å². The highest BCUT2D eigenvalue weighted by atomic mass is 16.5. The number of benzene rings is 2. The molecular weight excluding hydrogens is 664 g/mol. The molecule has 278 valence electrons. The van der Waals surface area contributed by atoms with Crippen LogP contribution in [0.25, 0.3) is 0 Å². The molecule has 0 aromatic heterocycles. The Kier molecular flexibility index (Phi) is 15.4. The highest BCUT2D eigenvalue weighted by Crippen LogP contribution is 2.32. The summed E-state index contributed by atoms with van der Waals surface area (Å²) in [5, 5.41) is 21.4. The number of carboxylic acids is 1. The molecule has 1 saturated heterocycles. The van der Waals surface area contributed by atoms with Gasteiger partial charge in [-0.1, -0.05) is 38.6 Å². The quantitative estimate of drug-likeness (QED) is 0.141. The van der Waals surface area contributed by atoms with Crippen molar-refractivity contribution in [1.82, 2.24) is 4.90 Å². The first kappa shape index (κ1) is 40.5. The van der Waals surface area contributed by atoms with Crippen molar-refractivity contribution in [3.8, 4) is 11.5 Å². The van der Waals surface area contributed by atoms with E-state index in [1.54, 1.807) is 30.3 Å². The van der Waals surface area contributed by atoms with E-state index in [-0.39, 0.29) is 31.4 Å². The van der Waals surface area contributed by atoms with Gasteiger partial charge in [0.2, 0.25) is 5.91 Å². The summed E-state index contributed by atoms with van der Waals surface area (Å²) in [6.07, 6.45) is 0.307. The van der Waals surface area contributed by atoms with Crippen molar-refractivity contribution >= 4 is 35.4 Å². The highest BCUT2D eigenvalue weighted by molar-refractivity contribution is 5.96. The lowest BCUT2D eigenvalue weighted by Gasteiger charge is -2.35. The predicted molar refractivity (Wildman–Crippen MR) is 185 cm³/mol. The lowest BCUT2D eigenvalue weighted by atomic mass is 9.96. The van der Waals surface area contributed by atoms with Crippen LogP contribution < -0.4 is 14.8 Å². The van der Waals surface area contributed by atoms with Crippen molar-refractivity contribution in [3.63, 3.8) is 0 Å². The van der Waals surface area contributed by atoms with Gasteiger partial charge < -0.3 is 44.1 Å². The lowest BCUT2D eigenvalue weighted by Crippen LogP contribution is -2.50. The summed E-state index contributed by atoms with van der Waals surface area (Å²) in [6, 6.07) is 11.1. The molecule has 1 aliphatic heterocycles. The van der Waals surface area contributed by atoms with E-state index in [4.69, 9.17) is 28.8 Å². The maximum absolute atomic E-state index is 13.8. The average molecular weight is 713 g/mol. The van der Waals surface area contributed by atoms with E-state index < -0.39 is 53.9 Å². The van der Waals surface area contributed by atoms with E-state index >= 15 is 0 Å². The van der Waals surface area contributed by atoms with Crippen LogP contribution in [0.4, 0.5) is 5.69 Å². The van der Waals surface area contributed by atoms with Crippen LogP contribution in [0.3, 0.4) is 0 Å². The molecule has 0 bridgehead atoms. The Morgan fingerprint density at radius 3 is 2.47 bits per heavy atom. The smallest absolute Gasteiger partial charge is 0.330 e. The third kappa shape index (κ3) is 12.7. The predicted octanol–water partition coefficient (Wildman–Crippen LogP) is 3.85. The van der Waals surface area contributed by atoms with Crippen LogP contribution in [0, 0.1) is 5.41 Å². The molecule has 3 atom stereocenters. The molecule has 0 spiro atoms. The first-order chi connectivity index (χ1) is 24.3. The van der Waals surface area contributed by atoms with Crippen molar-refractivity contribution in [1.29, 1.82) is 0 Å². The molecule has 0 unspecified atom stereocenters. The maximum atomic E-state index is 13.8. The second kappa shape index (κ2) is 19.4. The van der Waals surface area contributed by atoms with Crippen molar-refractivity contribution in [2.45, 2.75) is 70.6 Å². The molecule has 51 heavy (non-hydrogen) atoms. The number of anilines is 1. The van der Waals surface area contributed by atoms with Gasteiger partial charge in [0.1, 0.15) is 24.9 Å². The third-order valence-corrected chi connectivity index (χ3v) is 8.18. The second-order valence-electron chi connectivity index (χ2n) is 12.9. The minimum atomic E-state index is -1.76. The van der Waals surface area contributed by atoms with Gasteiger partial charge in [0.25, 0.3) is 5.91 Å². The highest BCUT2D eigenvalue weighted by Gasteiger charge is 2.35. The van der Waals surface area contributed by atoms with Gasteiger partial charge in [-0.05, 0) is 67.5 Å². The number of nitrogens with zero attached hydrogens (tertiary/aromatic N) is 1. The molecule has 0 radical (unpaired) electrons. The summed E-state index contributed by atoms with van der Waals surface area (Å²) in [4.78, 5) is 63.5. The van der Waals surface area contributed by atoms with Gasteiger partial charge in [-0.3, -0.25) is 14.4 Å². The summed E-state index contributed by atoms with van der Waals surface area (Å²) in [7, 11) is 3.07. The molecule has 2 aromatic carbocycles. The maximum Gasteiger partial charge on any atom is 0.330 e. The van der Waals surface area contributed by atoms with E-state index in [0.29, 0.717) is 55.7 Å². The first-order valence-electron chi connectivity index (χ1n) is 16.7. The zero-order chi connectivity index (χ0) is 37.6. The molecule has 1 fully saturated rings. The molecule has 2 aromatic rings. The van der Waals surface area contributed by atoms with Gasteiger partial charge >= 0.3 is 17.9 Å². The Hall–Kier alpha value is -4.95. The molecule has 3 N–H and O–H groups in total. The number of carbonyl (C=O) groups is 5. The number of aliphatic carboxylic acids is 1. The molecule has 0 aliphatic carbocycles. The Morgan fingerprint density at radius 1 is 1.04 bits per heavy atom.